The van der Waals surface area contributed by atoms with Crippen LogP contribution >= 0.6 is 50.2 Å². The summed E-state index contributed by atoms with van der Waals surface area (Å²) >= 11 is 12.8. The number of aliphatic carboxylic acids is 2. The number of carboxylic acid groups (broad SMARTS) is 2. The number of aliphatic hydroxyl groups excluding tert-OH is 2. The van der Waals surface area contributed by atoms with Crippen LogP contribution in [-0.4, -0.2) is 66.5 Å². The van der Waals surface area contributed by atoms with Crippen molar-refractivity contribution in [2.24, 2.45) is 25.9 Å². The number of carbonyl (C=O) groups excluding carboxylic acids is 2. The fourth-order valence-electron chi connectivity index (χ4n) is 7.84. The first-order chi connectivity index (χ1) is 29.3. The number of hydrogen-bond acceptors (Lipinski definition) is 6. The Kier molecular flexibility index (Phi) is 19.0. The van der Waals surface area contributed by atoms with E-state index in [9.17, 15) is 39.6 Å². The molecule has 4 aromatic carbocycles. The van der Waals surface area contributed by atoms with E-state index >= 15 is 0 Å². The molecule has 0 radical (unpaired) electrons. The Bertz CT molecular complexity index is 2430. The van der Waals surface area contributed by atoms with Crippen molar-refractivity contribution in [1.82, 2.24) is 19.8 Å². The number of nitrogens with one attached hydrogen (secondary N) is 2. The van der Waals surface area contributed by atoms with Crippen LogP contribution in [0, 0.1) is 25.7 Å². The van der Waals surface area contributed by atoms with E-state index in [1.54, 1.807) is 83.9 Å². The van der Waals surface area contributed by atoms with E-state index in [0.717, 1.165) is 32.9 Å². The van der Waals surface area contributed by atoms with Crippen molar-refractivity contribution in [2.75, 3.05) is 13.2 Å². The van der Waals surface area contributed by atoms with Crippen molar-refractivity contribution in [2.45, 2.75) is 65.5 Å². The molecule has 2 heterocycles. The van der Waals surface area contributed by atoms with Gasteiger partial charge in [-0.25, -0.2) is 0 Å². The second-order valence-electron chi connectivity index (χ2n) is 16.3. The van der Waals surface area contributed by atoms with Gasteiger partial charge < -0.3 is 40.2 Å². The molecule has 0 bridgehead atoms. The van der Waals surface area contributed by atoms with Gasteiger partial charge in [0.1, 0.15) is 11.4 Å². The van der Waals surface area contributed by atoms with Gasteiger partial charge in [0, 0.05) is 35.9 Å². The van der Waals surface area contributed by atoms with Gasteiger partial charge in [-0.2, -0.15) is 27.0 Å². The number of amides is 2. The fraction of sp³-hybridized carbons (Fsp3) is 0.333. The van der Waals surface area contributed by atoms with Crippen LogP contribution in [-0.2, 0) is 23.7 Å². The Morgan fingerprint density at radius 3 is 1.11 bits per heavy atom. The molecule has 0 saturated heterocycles. The van der Waals surface area contributed by atoms with Gasteiger partial charge in [0.15, 0.2) is 0 Å². The lowest BCUT2D eigenvalue weighted by Crippen LogP contribution is -2.32. The van der Waals surface area contributed by atoms with Crippen LogP contribution in [0.3, 0.4) is 0 Å². The van der Waals surface area contributed by atoms with Gasteiger partial charge in [-0.3, -0.25) is 19.2 Å². The van der Waals surface area contributed by atoms with Crippen LogP contribution in [0.5, 0.6) is 0 Å². The van der Waals surface area contributed by atoms with Crippen LogP contribution in [0.2, 0.25) is 10.0 Å². The van der Waals surface area contributed by atoms with Crippen LogP contribution in [0.25, 0.3) is 21.8 Å². The number of carboxylic acids is 2. The Labute approximate surface area is 397 Å². The summed E-state index contributed by atoms with van der Waals surface area (Å²) in [6.45, 7) is 10.7. The topological polar surface area (TPSA) is 183 Å². The highest BCUT2D eigenvalue weighted by atomic mass is 35.5. The van der Waals surface area contributed by atoms with Crippen LogP contribution in [0.1, 0.15) is 106 Å². The molecule has 344 valence electrons. The smallest absolute Gasteiger partial charge is 0.311 e. The molecule has 6 N–H and O–H groups in total. The minimum absolute atomic E-state index is 0. The predicted octanol–water partition coefficient (Wildman–Crippen LogP) is 9.08. The van der Waals surface area contributed by atoms with Crippen molar-refractivity contribution < 1.29 is 39.6 Å². The van der Waals surface area contributed by atoms with E-state index < -0.39 is 35.9 Å². The lowest BCUT2D eigenvalue weighted by Gasteiger charge is -2.20. The highest BCUT2D eigenvalue weighted by Gasteiger charge is 2.27. The normalized spacial score (nSPS) is 13.0. The SMILES string of the molecule is Cc1ccc2c(cc(C(=O)N[C@H](CO)c3ccc(C(C(=O)O)C(C)C)cc3)n2C)c1Cl.Cc1ccc2c(cc(C(=O)N[C@H](CO)c3ccc(C(C(=O)O)C(C)C)cc3)n2C)c1Cl.S.S. The number of nitrogens with zero attached hydrogens (tertiary/aromatic N) is 2. The molecule has 2 amide bonds. The summed E-state index contributed by atoms with van der Waals surface area (Å²) in [5.74, 6) is -3.75. The standard InChI is InChI=1S/2C24H27ClN2O4.2H2S/c2*1-13(2)21(24(30)31)16-8-6-15(7-9-16)18(12-28)26-23(29)20-11-17-19(27(20)4)10-5-14(3)22(17)25;;/h2*5-11,13,18,21,28H,12H2,1-4H3,(H,26,29)(H,30,31);2*1H2/t2*18-,21?;;/m11../s1. The largest absolute Gasteiger partial charge is 0.481 e. The molecule has 0 aliphatic carbocycles. The number of aryl methyl sites for hydroxylation is 4. The van der Waals surface area contributed by atoms with Crippen LogP contribution in [0.4, 0.5) is 0 Å². The molecule has 6 aromatic rings. The lowest BCUT2D eigenvalue weighted by molar-refractivity contribution is -0.140. The molecule has 16 heteroatoms. The number of hydrogen-bond donors (Lipinski definition) is 6. The summed E-state index contributed by atoms with van der Waals surface area (Å²) in [5, 5.41) is 47.3. The van der Waals surface area contributed by atoms with E-state index in [4.69, 9.17) is 23.2 Å². The third-order valence-corrected chi connectivity index (χ3v) is 12.4. The number of fused-ring (bicyclic) bond motifs is 2. The van der Waals surface area contributed by atoms with Gasteiger partial charge in [-0.15, -0.1) is 0 Å². The maximum absolute atomic E-state index is 13.0. The number of aromatic nitrogens is 2. The first-order valence-corrected chi connectivity index (χ1v) is 21.0. The Hall–Kier alpha value is -4.96. The molecule has 6 rings (SSSR count). The molecule has 4 atom stereocenters. The molecule has 12 nitrogen and oxygen atoms in total. The second-order valence-corrected chi connectivity index (χ2v) is 17.1. The molecule has 2 unspecified atom stereocenters. The summed E-state index contributed by atoms with van der Waals surface area (Å²) in [5.41, 5.74) is 7.19. The van der Waals surface area contributed by atoms with Crippen molar-refractivity contribution in [3.05, 3.63) is 140 Å². The molecule has 64 heavy (non-hydrogen) atoms. The quantitative estimate of drug-likeness (QED) is 0.0625. The number of rotatable bonds is 14. The lowest BCUT2D eigenvalue weighted by atomic mass is 9.88. The molecule has 0 aliphatic rings. The molecular weight excluding hydrogens is 896 g/mol. The minimum Gasteiger partial charge on any atom is -0.481 e. The number of aliphatic hydroxyl groups is 2. The molecule has 0 aliphatic heterocycles. The first kappa shape index (κ1) is 53.4. The predicted molar refractivity (Wildman–Crippen MR) is 264 cm³/mol. The summed E-state index contributed by atoms with van der Waals surface area (Å²) in [6.07, 6.45) is 0. The van der Waals surface area contributed by atoms with Gasteiger partial charge in [0.25, 0.3) is 11.8 Å². The monoisotopic (exact) mass is 952 g/mol. The van der Waals surface area contributed by atoms with E-state index in [1.165, 1.54) is 0 Å². The zero-order valence-electron chi connectivity index (χ0n) is 37.0. The van der Waals surface area contributed by atoms with Gasteiger partial charge in [-0.05, 0) is 83.3 Å². The number of benzene rings is 4. The zero-order valence-corrected chi connectivity index (χ0v) is 40.5. The third kappa shape index (κ3) is 11.5. The van der Waals surface area contributed by atoms with Crippen LogP contribution < -0.4 is 10.6 Å². The highest BCUT2D eigenvalue weighted by Crippen LogP contribution is 2.32. The van der Waals surface area contributed by atoms with Gasteiger partial charge in [0.2, 0.25) is 0 Å². The Morgan fingerprint density at radius 2 is 0.844 bits per heavy atom. The molecule has 0 fully saturated rings. The summed E-state index contributed by atoms with van der Waals surface area (Å²) in [6, 6.07) is 23.8. The highest BCUT2D eigenvalue weighted by molar-refractivity contribution is 7.59. The van der Waals surface area contributed by atoms with Gasteiger partial charge in [-0.1, -0.05) is 112 Å². The average molecular weight is 954 g/mol. The second kappa shape index (κ2) is 22.8. The minimum atomic E-state index is -0.876. The molecular formula is C48H58Cl2N4O8S2. The van der Waals surface area contributed by atoms with E-state index in [-0.39, 0.29) is 63.9 Å². The molecule has 0 saturated carbocycles. The van der Waals surface area contributed by atoms with E-state index in [2.05, 4.69) is 10.6 Å². The summed E-state index contributed by atoms with van der Waals surface area (Å²) < 4.78 is 3.54. The van der Waals surface area contributed by atoms with Crippen molar-refractivity contribution in [3.8, 4) is 0 Å². The van der Waals surface area contributed by atoms with Crippen molar-refractivity contribution >= 4 is 95.8 Å². The average Bonchev–Trinajstić information content (AvgIpc) is 3.75. The maximum atomic E-state index is 13.0. The Morgan fingerprint density at radius 1 is 0.547 bits per heavy atom. The maximum Gasteiger partial charge on any atom is 0.311 e. The summed E-state index contributed by atoms with van der Waals surface area (Å²) in [4.78, 5) is 49.0. The van der Waals surface area contributed by atoms with Crippen LogP contribution in [0.15, 0.2) is 84.9 Å². The fourth-order valence-corrected chi connectivity index (χ4v) is 8.26. The van der Waals surface area contributed by atoms with Gasteiger partial charge in [0.05, 0.1) is 47.2 Å². The molecule has 2 aromatic heterocycles. The van der Waals surface area contributed by atoms with Gasteiger partial charge >= 0.3 is 11.9 Å². The number of halogens is 2. The summed E-state index contributed by atoms with van der Waals surface area (Å²) in [7, 11) is 3.59. The van der Waals surface area contributed by atoms with Crippen molar-refractivity contribution in [1.29, 1.82) is 0 Å². The van der Waals surface area contributed by atoms with E-state index in [0.29, 0.717) is 43.7 Å². The van der Waals surface area contributed by atoms with E-state index in [1.807, 2.05) is 65.8 Å². The van der Waals surface area contributed by atoms with Crippen molar-refractivity contribution in [3.63, 3.8) is 0 Å². The number of carbonyl (C=O) groups is 4. The third-order valence-electron chi connectivity index (χ3n) is 11.4. The first-order valence-electron chi connectivity index (χ1n) is 20.3. The Balaban J connectivity index is 0.000000330. The molecule has 0 spiro atoms. The zero-order chi connectivity index (χ0) is 45.7.